The third-order valence-electron chi connectivity index (χ3n) is 4.52. The Hall–Kier alpha value is -1.93. The molecule has 1 saturated heterocycles. The van der Waals surface area contributed by atoms with Crippen molar-refractivity contribution >= 4 is 27.6 Å². The average Bonchev–Trinajstić information content (AvgIpc) is 2.92. The molecule has 0 aromatic heterocycles. The van der Waals surface area contributed by atoms with Gasteiger partial charge in [0.1, 0.15) is 0 Å². The van der Waals surface area contributed by atoms with Crippen molar-refractivity contribution in [2.45, 2.75) is 57.3 Å². The van der Waals surface area contributed by atoms with Gasteiger partial charge in [0.15, 0.2) is 0 Å². The van der Waals surface area contributed by atoms with E-state index in [-0.39, 0.29) is 30.3 Å². The van der Waals surface area contributed by atoms with E-state index in [1.807, 2.05) is 0 Å². The van der Waals surface area contributed by atoms with Gasteiger partial charge >= 0.3 is 5.97 Å². The Kier molecular flexibility index (Phi) is 7.79. The van der Waals surface area contributed by atoms with Gasteiger partial charge in [0.25, 0.3) is 0 Å². The summed E-state index contributed by atoms with van der Waals surface area (Å²) in [6.07, 6.45) is 3.79. The van der Waals surface area contributed by atoms with Crippen molar-refractivity contribution in [1.29, 1.82) is 0 Å². The molecular formula is C19H28N2O5S. The Balaban J connectivity index is 2.10. The first kappa shape index (κ1) is 21.4. The summed E-state index contributed by atoms with van der Waals surface area (Å²) >= 11 is 0. The minimum atomic E-state index is -3.60. The SMILES string of the molecule is CCOC(=O)CCC(=O)Nc1ccc(C)c(S(=O)(=O)N2CCCCCC2)c1. The van der Waals surface area contributed by atoms with E-state index in [0.29, 0.717) is 24.3 Å². The zero-order valence-corrected chi connectivity index (χ0v) is 16.8. The van der Waals surface area contributed by atoms with E-state index in [1.165, 1.54) is 10.4 Å². The molecule has 1 aliphatic rings. The number of aryl methyl sites for hydroxylation is 1. The second kappa shape index (κ2) is 9.85. The van der Waals surface area contributed by atoms with Crippen molar-refractivity contribution in [2.75, 3.05) is 25.0 Å². The van der Waals surface area contributed by atoms with Gasteiger partial charge < -0.3 is 10.1 Å². The highest BCUT2D eigenvalue weighted by molar-refractivity contribution is 7.89. The number of sulfonamides is 1. The molecule has 0 saturated carbocycles. The molecule has 0 aliphatic carbocycles. The maximum absolute atomic E-state index is 13.0. The normalized spacial score (nSPS) is 15.8. The lowest BCUT2D eigenvalue weighted by Crippen LogP contribution is -2.32. The van der Waals surface area contributed by atoms with E-state index in [4.69, 9.17) is 4.74 Å². The van der Waals surface area contributed by atoms with E-state index in [1.54, 1.807) is 26.0 Å². The first-order valence-electron chi connectivity index (χ1n) is 9.41. The summed E-state index contributed by atoms with van der Waals surface area (Å²) in [7, 11) is -3.60. The van der Waals surface area contributed by atoms with Gasteiger partial charge in [-0.05, 0) is 44.4 Å². The molecule has 0 atom stereocenters. The number of nitrogens with zero attached hydrogens (tertiary/aromatic N) is 1. The Morgan fingerprint density at radius 3 is 2.41 bits per heavy atom. The van der Waals surface area contributed by atoms with Gasteiger partial charge in [-0.25, -0.2) is 8.42 Å². The van der Waals surface area contributed by atoms with E-state index in [0.717, 1.165) is 25.7 Å². The molecule has 1 heterocycles. The summed E-state index contributed by atoms with van der Waals surface area (Å²) in [5, 5.41) is 2.66. The minimum Gasteiger partial charge on any atom is -0.466 e. The van der Waals surface area contributed by atoms with Gasteiger partial charge in [-0.1, -0.05) is 18.9 Å². The molecule has 0 spiro atoms. The number of rotatable bonds is 7. The van der Waals surface area contributed by atoms with Crippen LogP contribution in [0, 0.1) is 6.92 Å². The molecular weight excluding hydrogens is 368 g/mol. The minimum absolute atomic E-state index is 0.00946. The zero-order valence-electron chi connectivity index (χ0n) is 16.0. The maximum Gasteiger partial charge on any atom is 0.306 e. The topological polar surface area (TPSA) is 92.8 Å². The fourth-order valence-electron chi connectivity index (χ4n) is 3.05. The van der Waals surface area contributed by atoms with Crippen LogP contribution in [0.15, 0.2) is 23.1 Å². The highest BCUT2D eigenvalue weighted by atomic mass is 32.2. The van der Waals surface area contributed by atoms with E-state index in [9.17, 15) is 18.0 Å². The molecule has 1 aromatic carbocycles. The number of carbonyl (C=O) groups is 2. The summed E-state index contributed by atoms with van der Waals surface area (Å²) in [5.41, 5.74) is 1.05. The van der Waals surface area contributed by atoms with Crippen LogP contribution in [0.25, 0.3) is 0 Å². The average molecular weight is 397 g/mol. The summed E-state index contributed by atoms with van der Waals surface area (Å²) in [6, 6.07) is 4.85. The van der Waals surface area contributed by atoms with E-state index >= 15 is 0 Å². The molecule has 0 bridgehead atoms. The van der Waals surface area contributed by atoms with Gasteiger partial charge in [0.2, 0.25) is 15.9 Å². The molecule has 1 aromatic rings. The van der Waals surface area contributed by atoms with Gasteiger partial charge in [0.05, 0.1) is 17.9 Å². The van der Waals surface area contributed by atoms with Gasteiger partial charge in [0, 0.05) is 25.2 Å². The highest BCUT2D eigenvalue weighted by Gasteiger charge is 2.27. The van der Waals surface area contributed by atoms with Crippen LogP contribution in [0.3, 0.4) is 0 Å². The Morgan fingerprint density at radius 2 is 1.78 bits per heavy atom. The van der Waals surface area contributed by atoms with Crippen LogP contribution in [0.1, 0.15) is 51.0 Å². The second-order valence-electron chi connectivity index (χ2n) is 6.65. The zero-order chi connectivity index (χ0) is 19.9. The molecule has 27 heavy (non-hydrogen) atoms. The van der Waals surface area contributed by atoms with Crippen LogP contribution in [-0.2, 0) is 24.3 Å². The maximum atomic E-state index is 13.0. The van der Waals surface area contributed by atoms with Crippen LogP contribution in [-0.4, -0.2) is 44.3 Å². The quantitative estimate of drug-likeness (QED) is 0.716. The number of anilines is 1. The van der Waals surface area contributed by atoms with Gasteiger partial charge in [-0.15, -0.1) is 0 Å². The Labute approximate surface area is 161 Å². The van der Waals surface area contributed by atoms with Gasteiger partial charge in [-0.2, -0.15) is 4.31 Å². The molecule has 1 aliphatic heterocycles. The highest BCUT2D eigenvalue weighted by Crippen LogP contribution is 2.26. The molecule has 1 N–H and O–H groups in total. The van der Waals surface area contributed by atoms with Crippen LogP contribution < -0.4 is 5.32 Å². The Morgan fingerprint density at radius 1 is 1.11 bits per heavy atom. The smallest absolute Gasteiger partial charge is 0.306 e. The number of ether oxygens (including phenoxy) is 1. The Bertz CT molecular complexity index is 768. The summed E-state index contributed by atoms with van der Waals surface area (Å²) in [5.74, 6) is -0.786. The largest absolute Gasteiger partial charge is 0.466 e. The molecule has 8 heteroatoms. The number of hydrogen-bond acceptors (Lipinski definition) is 5. The third kappa shape index (κ3) is 6.04. The van der Waals surface area contributed by atoms with Crippen molar-refractivity contribution in [3.05, 3.63) is 23.8 Å². The predicted octanol–water partition coefficient (Wildman–Crippen LogP) is 2.84. The van der Waals surface area contributed by atoms with Gasteiger partial charge in [-0.3, -0.25) is 9.59 Å². The lowest BCUT2D eigenvalue weighted by atomic mass is 10.2. The molecule has 0 radical (unpaired) electrons. The number of amides is 1. The fraction of sp³-hybridized carbons (Fsp3) is 0.579. The molecule has 2 rings (SSSR count). The van der Waals surface area contributed by atoms with Crippen molar-refractivity contribution in [1.82, 2.24) is 4.31 Å². The van der Waals surface area contributed by atoms with Crippen LogP contribution in [0.5, 0.6) is 0 Å². The molecule has 0 unspecified atom stereocenters. The molecule has 1 fully saturated rings. The van der Waals surface area contributed by atoms with Crippen molar-refractivity contribution in [2.24, 2.45) is 0 Å². The number of hydrogen-bond donors (Lipinski definition) is 1. The predicted molar refractivity (Wildman–Crippen MR) is 103 cm³/mol. The number of esters is 1. The fourth-order valence-corrected chi connectivity index (χ4v) is 4.82. The van der Waals surface area contributed by atoms with E-state index < -0.39 is 16.0 Å². The summed E-state index contributed by atoms with van der Waals surface area (Å²) in [6.45, 7) is 4.78. The van der Waals surface area contributed by atoms with Crippen molar-refractivity contribution < 1.29 is 22.7 Å². The first-order chi connectivity index (χ1) is 12.8. The summed E-state index contributed by atoms with van der Waals surface area (Å²) < 4.78 is 32.4. The lowest BCUT2D eigenvalue weighted by Gasteiger charge is -2.21. The summed E-state index contributed by atoms with van der Waals surface area (Å²) in [4.78, 5) is 23.6. The van der Waals surface area contributed by atoms with Crippen LogP contribution in [0.4, 0.5) is 5.69 Å². The van der Waals surface area contributed by atoms with Crippen molar-refractivity contribution in [3.63, 3.8) is 0 Å². The van der Waals surface area contributed by atoms with Crippen LogP contribution >= 0.6 is 0 Å². The molecule has 1 amide bonds. The third-order valence-corrected chi connectivity index (χ3v) is 6.56. The van der Waals surface area contributed by atoms with Crippen molar-refractivity contribution in [3.8, 4) is 0 Å². The monoisotopic (exact) mass is 396 g/mol. The number of benzene rings is 1. The second-order valence-corrected chi connectivity index (χ2v) is 8.56. The molecule has 7 nitrogen and oxygen atoms in total. The first-order valence-corrected chi connectivity index (χ1v) is 10.8. The molecule has 150 valence electrons. The number of nitrogens with one attached hydrogen (secondary N) is 1. The standard InChI is InChI=1S/C19H28N2O5S/c1-3-26-19(23)11-10-18(22)20-16-9-8-15(2)17(14-16)27(24,25)21-12-6-4-5-7-13-21/h8-9,14H,3-7,10-13H2,1-2H3,(H,20,22). The lowest BCUT2D eigenvalue weighted by molar-refractivity contribution is -0.144. The van der Waals surface area contributed by atoms with Crippen LogP contribution in [0.2, 0.25) is 0 Å². The number of carbonyl (C=O) groups excluding carboxylic acids is 2. The van der Waals surface area contributed by atoms with E-state index in [2.05, 4.69) is 5.32 Å².